The van der Waals surface area contributed by atoms with Crippen molar-refractivity contribution in [2.45, 2.75) is 13.0 Å². The number of carbonyl (C=O) groups is 2. The number of hydrogen-bond donors (Lipinski definition) is 1. The number of hydrogen-bond acceptors (Lipinski definition) is 6. The Kier molecular flexibility index (Phi) is 5.45. The fourth-order valence-corrected chi connectivity index (χ4v) is 2.71. The molecule has 1 N–H and O–H groups in total. The maximum absolute atomic E-state index is 11.9. The molecule has 0 saturated heterocycles. The molecule has 2 rings (SSSR count). The number of halogens is 1. The molecule has 2 heterocycles. The molecular weight excluding hydrogens is 374 g/mol. The highest BCUT2D eigenvalue weighted by molar-refractivity contribution is 9.10. The van der Waals surface area contributed by atoms with Crippen LogP contribution >= 0.6 is 27.3 Å². The topological polar surface area (TPSA) is 90.3 Å². The standard InChI is InChI=1S/C13H12BrN3O4S/c1-21-12(20)4-9-7-22-13(15-9)16-10(18)6-17-5-8(14)2-3-11(17)19/h2-3,5,7H,4,6H2,1H3,(H,15,16,18). The van der Waals surface area contributed by atoms with Gasteiger partial charge < -0.3 is 14.6 Å². The molecule has 1 amide bonds. The first-order valence-electron chi connectivity index (χ1n) is 6.15. The van der Waals surface area contributed by atoms with Gasteiger partial charge in [-0.2, -0.15) is 0 Å². The van der Waals surface area contributed by atoms with Crippen molar-refractivity contribution in [1.82, 2.24) is 9.55 Å². The Balaban J connectivity index is 1.99. The molecule has 2 aromatic rings. The molecule has 0 spiro atoms. The van der Waals surface area contributed by atoms with E-state index < -0.39 is 5.97 Å². The minimum absolute atomic E-state index is 0.0496. The van der Waals surface area contributed by atoms with Crippen molar-refractivity contribution >= 4 is 44.3 Å². The Morgan fingerprint density at radius 1 is 1.45 bits per heavy atom. The smallest absolute Gasteiger partial charge is 0.311 e. The quantitative estimate of drug-likeness (QED) is 0.786. The lowest BCUT2D eigenvalue weighted by atomic mass is 10.3. The summed E-state index contributed by atoms with van der Waals surface area (Å²) in [5.41, 5.74) is 0.246. The number of carbonyl (C=O) groups excluding carboxylic acids is 2. The summed E-state index contributed by atoms with van der Waals surface area (Å²) in [7, 11) is 1.30. The number of pyridine rings is 1. The zero-order chi connectivity index (χ0) is 16.1. The van der Waals surface area contributed by atoms with Crippen LogP contribution in [0, 0.1) is 0 Å². The van der Waals surface area contributed by atoms with Gasteiger partial charge >= 0.3 is 5.97 Å². The summed E-state index contributed by atoms with van der Waals surface area (Å²) in [6, 6.07) is 2.98. The molecular formula is C13H12BrN3O4S. The van der Waals surface area contributed by atoms with Crippen LogP contribution in [0.4, 0.5) is 5.13 Å². The Bertz CT molecular complexity index is 756. The minimum Gasteiger partial charge on any atom is -0.469 e. The highest BCUT2D eigenvalue weighted by atomic mass is 79.9. The fourth-order valence-electron chi connectivity index (χ4n) is 1.60. The number of anilines is 1. The molecule has 116 valence electrons. The van der Waals surface area contributed by atoms with Crippen LogP contribution < -0.4 is 10.9 Å². The number of nitrogens with zero attached hydrogens (tertiary/aromatic N) is 2. The van der Waals surface area contributed by atoms with Gasteiger partial charge in [0.25, 0.3) is 5.56 Å². The number of methoxy groups -OCH3 is 1. The summed E-state index contributed by atoms with van der Waals surface area (Å²) >= 11 is 4.44. The van der Waals surface area contributed by atoms with Crippen molar-refractivity contribution in [3.8, 4) is 0 Å². The Morgan fingerprint density at radius 3 is 2.95 bits per heavy atom. The van der Waals surface area contributed by atoms with Crippen LogP contribution in [-0.4, -0.2) is 28.5 Å². The highest BCUT2D eigenvalue weighted by Gasteiger charge is 2.11. The predicted molar refractivity (Wildman–Crippen MR) is 84.9 cm³/mol. The molecule has 0 aromatic carbocycles. The second-order valence-corrected chi connectivity index (χ2v) is 6.03. The monoisotopic (exact) mass is 385 g/mol. The normalized spacial score (nSPS) is 10.3. The van der Waals surface area contributed by atoms with Crippen LogP contribution in [0.15, 0.2) is 33.0 Å². The molecule has 0 bridgehead atoms. The molecule has 0 unspecified atom stereocenters. The van der Waals surface area contributed by atoms with Crippen LogP contribution in [0.5, 0.6) is 0 Å². The average molecular weight is 386 g/mol. The van der Waals surface area contributed by atoms with Gasteiger partial charge in [-0.25, -0.2) is 4.98 Å². The van der Waals surface area contributed by atoms with E-state index in [4.69, 9.17) is 0 Å². The SMILES string of the molecule is COC(=O)Cc1csc(NC(=O)Cn2cc(Br)ccc2=O)n1. The average Bonchev–Trinajstić information content (AvgIpc) is 2.89. The van der Waals surface area contributed by atoms with E-state index in [1.807, 2.05) is 0 Å². The second-order valence-electron chi connectivity index (χ2n) is 4.26. The minimum atomic E-state index is -0.399. The van der Waals surface area contributed by atoms with Crippen molar-refractivity contribution in [2.75, 3.05) is 12.4 Å². The van der Waals surface area contributed by atoms with Crippen LogP contribution in [0.25, 0.3) is 0 Å². The third-order valence-corrected chi connectivity index (χ3v) is 3.89. The van der Waals surface area contributed by atoms with Gasteiger partial charge in [0.1, 0.15) is 6.54 Å². The molecule has 22 heavy (non-hydrogen) atoms. The number of aromatic nitrogens is 2. The molecule has 0 radical (unpaired) electrons. The Hall–Kier alpha value is -2.00. The van der Waals surface area contributed by atoms with E-state index in [0.29, 0.717) is 15.3 Å². The molecule has 0 fully saturated rings. The number of ether oxygens (including phenoxy) is 1. The van der Waals surface area contributed by atoms with E-state index in [-0.39, 0.29) is 24.4 Å². The number of nitrogens with one attached hydrogen (secondary N) is 1. The van der Waals surface area contributed by atoms with E-state index in [1.54, 1.807) is 11.4 Å². The summed E-state index contributed by atoms with van der Waals surface area (Å²) < 4.78 is 6.53. The highest BCUT2D eigenvalue weighted by Crippen LogP contribution is 2.16. The van der Waals surface area contributed by atoms with Gasteiger partial charge in [0.05, 0.1) is 19.2 Å². The number of rotatable bonds is 5. The first-order chi connectivity index (χ1) is 10.5. The van der Waals surface area contributed by atoms with Crippen molar-refractivity contribution in [1.29, 1.82) is 0 Å². The van der Waals surface area contributed by atoms with Gasteiger partial charge in [0, 0.05) is 22.1 Å². The second kappa shape index (κ2) is 7.32. The van der Waals surface area contributed by atoms with Crippen molar-refractivity contribution < 1.29 is 14.3 Å². The van der Waals surface area contributed by atoms with Gasteiger partial charge in [-0.3, -0.25) is 14.4 Å². The van der Waals surface area contributed by atoms with Crippen LogP contribution in [-0.2, 0) is 27.3 Å². The lowest BCUT2D eigenvalue weighted by molar-refractivity contribution is -0.139. The van der Waals surface area contributed by atoms with Crippen LogP contribution in [0.2, 0.25) is 0 Å². The largest absolute Gasteiger partial charge is 0.469 e. The fraction of sp³-hybridized carbons (Fsp3) is 0.231. The third-order valence-electron chi connectivity index (χ3n) is 2.61. The Morgan fingerprint density at radius 2 is 2.23 bits per heavy atom. The molecule has 0 atom stereocenters. The Labute approximate surface area is 138 Å². The van der Waals surface area contributed by atoms with Crippen molar-refractivity contribution in [3.63, 3.8) is 0 Å². The van der Waals surface area contributed by atoms with E-state index in [1.165, 1.54) is 35.3 Å². The summed E-state index contributed by atoms with van der Waals surface area (Å²) in [5.74, 6) is -0.775. The summed E-state index contributed by atoms with van der Waals surface area (Å²) in [4.78, 5) is 38.8. The van der Waals surface area contributed by atoms with Gasteiger partial charge in [0.2, 0.25) is 5.91 Å². The zero-order valence-electron chi connectivity index (χ0n) is 11.5. The molecule has 2 aromatic heterocycles. The van der Waals surface area contributed by atoms with Gasteiger partial charge in [0.15, 0.2) is 5.13 Å². The molecule has 0 aliphatic heterocycles. The van der Waals surface area contributed by atoms with Crippen molar-refractivity contribution in [3.05, 3.63) is 44.2 Å². The summed E-state index contributed by atoms with van der Waals surface area (Å²) in [6.45, 7) is -0.121. The van der Waals surface area contributed by atoms with Gasteiger partial charge in [-0.15, -0.1) is 11.3 Å². The first-order valence-corrected chi connectivity index (χ1v) is 7.82. The van der Waals surface area contributed by atoms with Crippen LogP contribution in [0.1, 0.15) is 5.69 Å². The van der Waals surface area contributed by atoms with Gasteiger partial charge in [-0.05, 0) is 22.0 Å². The first kappa shape index (κ1) is 16.4. The number of thiazole rings is 1. The predicted octanol–water partition coefficient (Wildman–Crippen LogP) is 1.42. The summed E-state index contributed by atoms with van der Waals surface area (Å²) in [6.07, 6.45) is 1.58. The maximum Gasteiger partial charge on any atom is 0.311 e. The molecule has 0 aliphatic carbocycles. The number of amides is 1. The van der Waals surface area contributed by atoms with E-state index in [0.717, 1.165) is 0 Å². The molecule has 9 heteroatoms. The van der Waals surface area contributed by atoms with E-state index >= 15 is 0 Å². The summed E-state index contributed by atoms with van der Waals surface area (Å²) in [5, 5.41) is 4.62. The zero-order valence-corrected chi connectivity index (χ0v) is 13.9. The molecule has 0 saturated carbocycles. The lowest BCUT2D eigenvalue weighted by Gasteiger charge is -2.05. The molecule has 0 aliphatic rings. The maximum atomic E-state index is 11.9. The lowest BCUT2D eigenvalue weighted by Crippen LogP contribution is -2.26. The van der Waals surface area contributed by atoms with Crippen molar-refractivity contribution in [2.24, 2.45) is 0 Å². The third kappa shape index (κ3) is 4.50. The molecule has 7 nitrogen and oxygen atoms in total. The van der Waals surface area contributed by atoms with E-state index in [9.17, 15) is 14.4 Å². The van der Waals surface area contributed by atoms with Gasteiger partial charge in [-0.1, -0.05) is 0 Å². The van der Waals surface area contributed by atoms with Crippen LogP contribution in [0.3, 0.4) is 0 Å². The van der Waals surface area contributed by atoms with E-state index in [2.05, 4.69) is 31.0 Å². The number of esters is 1.